The van der Waals surface area contributed by atoms with Crippen LogP contribution in [0.4, 0.5) is 0 Å². The molecule has 0 amide bonds. The molecule has 0 unspecified atom stereocenters. The van der Waals surface area contributed by atoms with E-state index in [9.17, 15) is 4.79 Å². The summed E-state index contributed by atoms with van der Waals surface area (Å²) < 4.78 is 10.5. The van der Waals surface area contributed by atoms with Gasteiger partial charge in [-0.05, 0) is 19.4 Å². The number of likely N-dealkylation sites (tertiary alicyclic amines) is 1. The Morgan fingerprint density at radius 3 is 2.81 bits per heavy atom. The van der Waals surface area contributed by atoms with E-state index in [0.717, 1.165) is 19.5 Å². The first-order valence-corrected chi connectivity index (χ1v) is 5.65. The van der Waals surface area contributed by atoms with Crippen molar-refractivity contribution >= 4 is 5.97 Å². The van der Waals surface area contributed by atoms with Gasteiger partial charge in [-0.15, -0.1) is 0 Å². The number of carboxylic acids is 1. The number of aliphatic carboxylic acids is 1. The minimum Gasteiger partial charge on any atom is -0.481 e. The normalized spacial score (nSPS) is 26.1. The lowest BCUT2D eigenvalue weighted by molar-refractivity contribution is -0.137. The molecule has 94 valence electrons. The number of hydrogen-bond donors (Lipinski definition) is 1. The average Bonchev–Trinajstić information content (AvgIpc) is 2.61. The number of hydrogen-bond acceptors (Lipinski definition) is 4. The highest BCUT2D eigenvalue weighted by Gasteiger charge is 2.31. The highest BCUT2D eigenvalue weighted by atomic mass is 16.5. The number of carboxylic acid groups (broad SMARTS) is 1. The first kappa shape index (κ1) is 13.4. The predicted octanol–water partition coefficient (Wildman–Crippen LogP) is 0.587. The average molecular weight is 231 g/mol. The Morgan fingerprint density at radius 2 is 2.25 bits per heavy atom. The molecule has 1 fully saturated rings. The van der Waals surface area contributed by atoms with Crippen molar-refractivity contribution < 1.29 is 19.4 Å². The van der Waals surface area contributed by atoms with Gasteiger partial charge in [0.2, 0.25) is 0 Å². The maximum atomic E-state index is 10.4. The SMILES string of the molecule is COC[C@@H]1C[C@@H](OC)CN1CCCC(=O)O. The largest absolute Gasteiger partial charge is 0.481 e. The predicted molar refractivity (Wildman–Crippen MR) is 59.5 cm³/mol. The van der Waals surface area contributed by atoms with Crippen molar-refractivity contribution in [2.24, 2.45) is 0 Å². The number of methoxy groups -OCH3 is 2. The van der Waals surface area contributed by atoms with E-state index in [4.69, 9.17) is 14.6 Å². The molecule has 0 aromatic heterocycles. The maximum absolute atomic E-state index is 10.4. The van der Waals surface area contributed by atoms with Crippen LogP contribution in [0.2, 0.25) is 0 Å². The van der Waals surface area contributed by atoms with Gasteiger partial charge in [-0.2, -0.15) is 0 Å². The van der Waals surface area contributed by atoms with E-state index in [0.29, 0.717) is 19.1 Å². The molecule has 1 saturated heterocycles. The van der Waals surface area contributed by atoms with E-state index in [1.54, 1.807) is 14.2 Å². The van der Waals surface area contributed by atoms with Crippen LogP contribution in [0.15, 0.2) is 0 Å². The second kappa shape index (κ2) is 6.83. The minimum absolute atomic E-state index is 0.230. The molecule has 0 bridgehead atoms. The van der Waals surface area contributed by atoms with Crippen LogP contribution < -0.4 is 0 Å². The van der Waals surface area contributed by atoms with Crippen LogP contribution in [0, 0.1) is 0 Å². The molecule has 1 aliphatic rings. The molecular formula is C11H21NO4. The third-order valence-electron chi connectivity index (χ3n) is 3.02. The number of ether oxygens (including phenoxy) is 2. The summed E-state index contributed by atoms with van der Waals surface area (Å²) in [5, 5.41) is 8.59. The Kier molecular flexibility index (Phi) is 5.73. The fourth-order valence-corrected chi connectivity index (χ4v) is 2.18. The first-order valence-electron chi connectivity index (χ1n) is 5.65. The van der Waals surface area contributed by atoms with Gasteiger partial charge in [-0.3, -0.25) is 9.69 Å². The Labute approximate surface area is 96.3 Å². The summed E-state index contributed by atoms with van der Waals surface area (Å²) in [6, 6.07) is 0.365. The molecular weight excluding hydrogens is 210 g/mol. The molecule has 16 heavy (non-hydrogen) atoms. The lowest BCUT2D eigenvalue weighted by Gasteiger charge is -2.22. The van der Waals surface area contributed by atoms with E-state index < -0.39 is 5.97 Å². The zero-order chi connectivity index (χ0) is 12.0. The summed E-state index contributed by atoms with van der Waals surface area (Å²) in [5.74, 6) is -0.731. The van der Waals surface area contributed by atoms with Crippen molar-refractivity contribution in [1.29, 1.82) is 0 Å². The van der Waals surface area contributed by atoms with Crippen LogP contribution in [-0.4, -0.2) is 62.0 Å². The van der Waals surface area contributed by atoms with Gasteiger partial charge in [0, 0.05) is 33.2 Å². The van der Waals surface area contributed by atoms with E-state index >= 15 is 0 Å². The third kappa shape index (κ3) is 4.08. The number of nitrogens with zero attached hydrogens (tertiary/aromatic N) is 1. The fourth-order valence-electron chi connectivity index (χ4n) is 2.18. The highest BCUT2D eigenvalue weighted by Crippen LogP contribution is 2.20. The third-order valence-corrected chi connectivity index (χ3v) is 3.02. The molecule has 5 nitrogen and oxygen atoms in total. The lowest BCUT2D eigenvalue weighted by Crippen LogP contribution is -2.34. The standard InChI is InChI=1S/C11H21NO4/c1-15-8-9-6-10(16-2)7-12(9)5-3-4-11(13)14/h9-10H,3-8H2,1-2H3,(H,13,14)/t9-,10+/m0/s1. The van der Waals surface area contributed by atoms with Gasteiger partial charge in [-0.1, -0.05) is 0 Å². The number of carbonyl (C=O) groups is 1. The summed E-state index contributed by atoms with van der Waals surface area (Å²) in [4.78, 5) is 12.7. The van der Waals surface area contributed by atoms with Gasteiger partial charge in [0.05, 0.1) is 12.7 Å². The van der Waals surface area contributed by atoms with Crippen LogP contribution in [0.5, 0.6) is 0 Å². The quantitative estimate of drug-likeness (QED) is 0.695. The van der Waals surface area contributed by atoms with Crippen LogP contribution in [0.25, 0.3) is 0 Å². The summed E-state index contributed by atoms with van der Waals surface area (Å²) in [6.45, 7) is 2.37. The fraction of sp³-hybridized carbons (Fsp3) is 0.909. The molecule has 2 atom stereocenters. The zero-order valence-corrected chi connectivity index (χ0v) is 10.0. The summed E-state index contributed by atoms with van der Waals surface area (Å²) in [6.07, 6.45) is 2.14. The molecule has 1 N–H and O–H groups in total. The Hall–Kier alpha value is -0.650. The molecule has 0 aliphatic carbocycles. The summed E-state index contributed by atoms with van der Waals surface area (Å²) >= 11 is 0. The van der Waals surface area contributed by atoms with Crippen molar-refractivity contribution in [3.05, 3.63) is 0 Å². The van der Waals surface area contributed by atoms with E-state index in [2.05, 4.69) is 4.90 Å². The second-order valence-corrected chi connectivity index (χ2v) is 4.19. The van der Waals surface area contributed by atoms with Gasteiger partial charge in [0.15, 0.2) is 0 Å². The molecule has 1 aliphatic heterocycles. The van der Waals surface area contributed by atoms with Gasteiger partial charge in [0.1, 0.15) is 0 Å². The van der Waals surface area contributed by atoms with Crippen LogP contribution in [0.3, 0.4) is 0 Å². The molecule has 1 heterocycles. The van der Waals surface area contributed by atoms with Crippen molar-refractivity contribution in [1.82, 2.24) is 4.90 Å². The molecule has 0 saturated carbocycles. The smallest absolute Gasteiger partial charge is 0.303 e. The van der Waals surface area contributed by atoms with Crippen LogP contribution >= 0.6 is 0 Å². The Bertz CT molecular complexity index is 222. The monoisotopic (exact) mass is 231 g/mol. The first-order chi connectivity index (χ1) is 7.67. The van der Waals surface area contributed by atoms with Crippen molar-refractivity contribution in [2.75, 3.05) is 33.9 Å². The molecule has 0 radical (unpaired) electrons. The molecule has 1 rings (SSSR count). The molecule has 5 heteroatoms. The Morgan fingerprint density at radius 1 is 1.50 bits per heavy atom. The molecule has 0 aromatic carbocycles. The maximum Gasteiger partial charge on any atom is 0.303 e. The summed E-state index contributed by atoms with van der Waals surface area (Å²) in [7, 11) is 3.41. The van der Waals surface area contributed by atoms with Gasteiger partial charge >= 0.3 is 5.97 Å². The van der Waals surface area contributed by atoms with Gasteiger partial charge < -0.3 is 14.6 Å². The van der Waals surface area contributed by atoms with E-state index in [-0.39, 0.29) is 12.5 Å². The van der Waals surface area contributed by atoms with Gasteiger partial charge in [0.25, 0.3) is 0 Å². The topological polar surface area (TPSA) is 59.0 Å². The molecule has 0 spiro atoms. The van der Waals surface area contributed by atoms with Crippen molar-refractivity contribution in [3.63, 3.8) is 0 Å². The minimum atomic E-state index is -0.731. The Balaban J connectivity index is 2.33. The van der Waals surface area contributed by atoms with Crippen LogP contribution in [-0.2, 0) is 14.3 Å². The van der Waals surface area contributed by atoms with Crippen molar-refractivity contribution in [2.45, 2.75) is 31.4 Å². The van der Waals surface area contributed by atoms with E-state index in [1.807, 2.05) is 0 Å². The molecule has 0 aromatic rings. The summed E-state index contributed by atoms with van der Waals surface area (Å²) in [5.41, 5.74) is 0. The highest BCUT2D eigenvalue weighted by molar-refractivity contribution is 5.66. The number of rotatable bonds is 7. The van der Waals surface area contributed by atoms with E-state index in [1.165, 1.54) is 0 Å². The zero-order valence-electron chi connectivity index (χ0n) is 10.0. The van der Waals surface area contributed by atoms with Crippen LogP contribution in [0.1, 0.15) is 19.3 Å². The van der Waals surface area contributed by atoms with Crippen molar-refractivity contribution in [3.8, 4) is 0 Å². The second-order valence-electron chi connectivity index (χ2n) is 4.19. The van der Waals surface area contributed by atoms with Gasteiger partial charge in [-0.25, -0.2) is 0 Å². The lowest BCUT2D eigenvalue weighted by atomic mass is 10.2.